The van der Waals surface area contributed by atoms with Crippen molar-refractivity contribution >= 4 is 7.60 Å². The highest BCUT2D eigenvalue weighted by Gasteiger charge is 2.44. The van der Waals surface area contributed by atoms with Crippen molar-refractivity contribution in [2.24, 2.45) is 0 Å². The molecule has 1 rings (SSSR count). The number of rotatable bonds is 11. The SMILES string of the molecule is CC(C)OCC1OC(OCCCCCOP(=O)(O)C(C)(C)C)C(O)C(O)C1O. The van der Waals surface area contributed by atoms with Crippen molar-refractivity contribution in [2.75, 3.05) is 19.8 Å². The molecule has 4 N–H and O–H groups in total. The van der Waals surface area contributed by atoms with E-state index >= 15 is 0 Å². The number of aliphatic hydroxyl groups is 3. The summed E-state index contributed by atoms with van der Waals surface area (Å²) in [5, 5.41) is 29.2. The van der Waals surface area contributed by atoms with E-state index in [1.807, 2.05) is 13.8 Å². The van der Waals surface area contributed by atoms with E-state index in [2.05, 4.69) is 0 Å². The van der Waals surface area contributed by atoms with Gasteiger partial charge in [-0.1, -0.05) is 0 Å². The van der Waals surface area contributed by atoms with Crippen LogP contribution in [0.2, 0.25) is 0 Å². The van der Waals surface area contributed by atoms with Crippen molar-refractivity contribution in [3.63, 3.8) is 0 Å². The highest BCUT2D eigenvalue weighted by atomic mass is 31.2. The van der Waals surface area contributed by atoms with Gasteiger partial charge >= 0.3 is 7.60 Å². The maximum absolute atomic E-state index is 12.0. The molecule has 6 unspecified atom stereocenters. The summed E-state index contributed by atoms with van der Waals surface area (Å²) in [6.45, 7) is 9.16. The molecular weight excluding hydrogens is 391 g/mol. The second-order valence-corrected chi connectivity index (χ2v) is 11.0. The van der Waals surface area contributed by atoms with Gasteiger partial charge in [-0.2, -0.15) is 0 Å². The van der Waals surface area contributed by atoms with E-state index in [1.165, 1.54) is 0 Å². The molecule has 9 nitrogen and oxygen atoms in total. The van der Waals surface area contributed by atoms with Crippen LogP contribution in [0.1, 0.15) is 53.9 Å². The largest absolute Gasteiger partial charge is 0.387 e. The second-order valence-electron chi connectivity index (χ2n) is 8.35. The molecule has 6 atom stereocenters. The first-order valence-electron chi connectivity index (χ1n) is 9.77. The Kier molecular flexibility index (Phi) is 10.5. The van der Waals surface area contributed by atoms with E-state index in [4.69, 9.17) is 18.7 Å². The van der Waals surface area contributed by atoms with Crippen molar-refractivity contribution in [1.29, 1.82) is 0 Å². The molecule has 0 aromatic heterocycles. The third-order valence-electron chi connectivity index (χ3n) is 4.45. The van der Waals surface area contributed by atoms with Gasteiger partial charge in [0.05, 0.1) is 24.5 Å². The van der Waals surface area contributed by atoms with Crippen LogP contribution in [-0.2, 0) is 23.3 Å². The standard InChI is InChI=1S/C18H37O9P/c1-12(2)25-11-13-14(19)15(20)16(21)17(27-13)24-9-7-6-8-10-26-28(22,23)18(3,4)5/h12-17,19-21H,6-11H2,1-5H3,(H,22,23). The first-order valence-corrected chi connectivity index (χ1v) is 11.3. The first-order chi connectivity index (χ1) is 12.9. The van der Waals surface area contributed by atoms with Crippen LogP contribution in [0.25, 0.3) is 0 Å². The quantitative estimate of drug-likeness (QED) is 0.284. The minimum Gasteiger partial charge on any atom is -0.387 e. The average molecular weight is 428 g/mol. The molecule has 0 amide bonds. The topological polar surface area (TPSA) is 135 Å². The number of ether oxygens (including phenoxy) is 3. The second kappa shape index (κ2) is 11.3. The van der Waals surface area contributed by atoms with Crippen LogP contribution in [0.4, 0.5) is 0 Å². The fraction of sp³-hybridized carbons (Fsp3) is 1.00. The molecule has 1 fully saturated rings. The molecule has 1 heterocycles. The molecule has 28 heavy (non-hydrogen) atoms. The fourth-order valence-corrected chi connectivity index (χ4v) is 3.21. The summed E-state index contributed by atoms with van der Waals surface area (Å²) in [7, 11) is -3.64. The molecule has 0 radical (unpaired) electrons. The number of unbranched alkanes of at least 4 members (excludes halogenated alkanes) is 2. The van der Waals surface area contributed by atoms with Gasteiger partial charge in [-0.15, -0.1) is 0 Å². The van der Waals surface area contributed by atoms with E-state index in [0.717, 1.165) is 0 Å². The Bertz CT molecular complexity index is 494. The van der Waals surface area contributed by atoms with Crippen LogP contribution in [0.15, 0.2) is 0 Å². The van der Waals surface area contributed by atoms with Crippen LogP contribution in [0.3, 0.4) is 0 Å². The van der Waals surface area contributed by atoms with Gasteiger partial charge in [-0.3, -0.25) is 4.57 Å². The Morgan fingerprint density at radius 3 is 2.18 bits per heavy atom. The summed E-state index contributed by atoms with van der Waals surface area (Å²) in [6, 6.07) is 0. The van der Waals surface area contributed by atoms with Crippen LogP contribution >= 0.6 is 7.60 Å². The number of aliphatic hydroxyl groups excluding tert-OH is 3. The average Bonchev–Trinajstić information content (AvgIpc) is 2.58. The normalized spacial score (nSPS) is 31.1. The number of hydrogen-bond acceptors (Lipinski definition) is 8. The molecule has 0 saturated carbocycles. The van der Waals surface area contributed by atoms with Crippen LogP contribution in [0.5, 0.6) is 0 Å². The summed E-state index contributed by atoms with van der Waals surface area (Å²) in [4.78, 5) is 9.81. The lowest BCUT2D eigenvalue weighted by Crippen LogP contribution is -2.59. The molecule has 0 aliphatic carbocycles. The van der Waals surface area contributed by atoms with E-state index in [9.17, 15) is 24.8 Å². The Morgan fingerprint density at radius 2 is 1.61 bits per heavy atom. The van der Waals surface area contributed by atoms with E-state index in [1.54, 1.807) is 20.8 Å². The van der Waals surface area contributed by atoms with Crippen LogP contribution in [-0.4, -0.2) is 82.0 Å². The summed E-state index contributed by atoms with van der Waals surface area (Å²) in [5.74, 6) is 0. The first kappa shape index (κ1) is 25.9. The minimum absolute atomic E-state index is 0.0612. The Labute approximate surface area is 167 Å². The summed E-state index contributed by atoms with van der Waals surface area (Å²) >= 11 is 0. The zero-order chi connectivity index (χ0) is 21.5. The molecule has 1 aliphatic heterocycles. The molecule has 168 valence electrons. The molecular formula is C18H37O9P. The molecule has 0 spiro atoms. The van der Waals surface area contributed by atoms with Crippen molar-refractivity contribution in [3.05, 3.63) is 0 Å². The van der Waals surface area contributed by atoms with Gasteiger partial charge in [0.15, 0.2) is 6.29 Å². The Morgan fingerprint density at radius 1 is 1.00 bits per heavy atom. The molecule has 1 aliphatic rings. The molecule has 0 bridgehead atoms. The van der Waals surface area contributed by atoms with E-state index in [0.29, 0.717) is 19.3 Å². The molecule has 10 heteroatoms. The lowest BCUT2D eigenvalue weighted by molar-refractivity contribution is -0.304. The van der Waals surface area contributed by atoms with Gasteiger partial charge in [0.25, 0.3) is 0 Å². The van der Waals surface area contributed by atoms with Crippen LogP contribution in [0, 0.1) is 0 Å². The molecule has 1 saturated heterocycles. The summed E-state index contributed by atoms with van der Waals surface area (Å²) < 4.78 is 33.5. The van der Waals surface area contributed by atoms with E-state index < -0.39 is 43.5 Å². The molecule has 0 aromatic rings. The van der Waals surface area contributed by atoms with Gasteiger partial charge in [0.1, 0.15) is 24.4 Å². The van der Waals surface area contributed by atoms with Gasteiger partial charge in [-0.25, -0.2) is 0 Å². The molecule has 0 aromatic carbocycles. The minimum atomic E-state index is -3.64. The smallest absolute Gasteiger partial charge is 0.333 e. The third-order valence-corrected chi connectivity index (χ3v) is 6.68. The van der Waals surface area contributed by atoms with Gasteiger partial charge in [-0.05, 0) is 53.9 Å². The highest BCUT2D eigenvalue weighted by Crippen LogP contribution is 2.54. The van der Waals surface area contributed by atoms with Gasteiger partial charge in [0.2, 0.25) is 0 Å². The van der Waals surface area contributed by atoms with Gasteiger partial charge in [0, 0.05) is 6.61 Å². The van der Waals surface area contributed by atoms with Crippen molar-refractivity contribution in [1.82, 2.24) is 0 Å². The predicted octanol–water partition coefficient (Wildman–Crippen LogP) is 1.41. The zero-order valence-corrected chi connectivity index (χ0v) is 18.4. The lowest BCUT2D eigenvalue weighted by atomic mass is 9.99. The fourth-order valence-electron chi connectivity index (χ4n) is 2.44. The van der Waals surface area contributed by atoms with E-state index in [-0.39, 0.29) is 25.9 Å². The maximum atomic E-state index is 12.0. The van der Waals surface area contributed by atoms with Crippen molar-refractivity contribution < 1.29 is 43.5 Å². The third kappa shape index (κ3) is 7.97. The monoisotopic (exact) mass is 428 g/mol. The maximum Gasteiger partial charge on any atom is 0.333 e. The van der Waals surface area contributed by atoms with Crippen LogP contribution < -0.4 is 0 Å². The summed E-state index contributed by atoms with van der Waals surface area (Å²) in [6.07, 6.45) is -4.03. The van der Waals surface area contributed by atoms with Crippen molar-refractivity contribution in [2.45, 2.75) is 95.8 Å². The van der Waals surface area contributed by atoms with Gasteiger partial charge < -0.3 is 38.9 Å². The zero-order valence-electron chi connectivity index (χ0n) is 17.5. The Balaban J connectivity index is 2.30. The highest BCUT2D eigenvalue weighted by molar-refractivity contribution is 7.54. The Hall–Kier alpha value is -0.0900. The number of hydrogen-bond donors (Lipinski definition) is 4. The van der Waals surface area contributed by atoms with Crippen molar-refractivity contribution in [3.8, 4) is 0 Å². The predicted molar refractivity (Wildman–Crippen MR) is 103 cm³/mol. The summed E-state index contributed by atoms with van der Waals surface area (Å²) in [5.41, 5.74) is 0. The lowest BCUT2D eigenvalue weighted by Gasteiger charge is -2.40.